The Hall–Kier alpha value is -2.91. The van der Waals surface area contributed by atoms with Crippen LogP contribution in [0.1, 0.15) is 15.9 Å². The normalized spacial score (nSPS) is 9.62. The largest absolute Gasteiger partial charge is 0.430 e. The summed E-state index contributed by atoms with van der Waals surface area (Å²) in [6.07, 6.45) is 1.03. The Morgan fingerprint density at radius 1 is 1.33 bits per heavy atom. The molecule has 106 valence electrons. The molecule has 0 unspecified atom stereocenters. The monoisotopic (exact) mass is 287 g/mol. The molecule has 6 heteroatoms. The number of halogens is 1. The summed E-state index contributed by atoms with van der Waals surface area (Å²) in [7, 11) is 0. The fourth-order valence-electron chi connectivity index (χ4n) is 1.55. The van der Waals surface area contributed by atoms with E-state index in [9.17, 15) is 14.0 Å². The van der Waals surface area contributed by atoms with Crippen molar-refractivity contribution in [3.8, 4) is 11.8 Å². The van der Waals surface area contributed by atoms with Crippen molar-refractivity contribution in [2.75, 3.05) is 11.9 Å². The van der Waals surface area contributed by atoms with Crippen LogP contribution in [0.3, 0.4) is 0 Å². The van der Waals surface area contributed by atoms with E-state index >= 15 is 0 Å². The summed E-state index contributed by atoms with van der Waals surface area (Å²) in [6.45, 7) is -0.381. The SMILES string of the molecule is O=C(Nc1ccc(F)cc1C#CCO)c1ccc(=O)oc1. The Morgan fingerprint density at radius 3 is 2.81 bits per heavy atom. The molecule has 0 aliphatic rings. The molecule has 0 aliphatic carbocycles. The van der Waals surface area contributed by atoms with Gasteiger partial charge in [0.25, 0.3) is 5.91 Å². The number of anilines is 1. The lowest BCUT2D eigenvalue weighted by atomic mass is 10.1. The fourth-order valence-corrected chi connectivity index (χ4v) is 1.55. The summed E-state index contributed by atoms with van der Waals surface area (Å²) in [4.78, 5) is 22.8. The lowest BCUT2D eigenvalue weighted by molar-refractivity contribution is 0.102. The van der Waals surface area contributed by atoms with Gasteiger partial charge in [0.1, 0.15) is 18.7 Å². The first kappa shape index (κ1) is 14.5. The van der Waals surface area contributed by atoms with Gasteiger partial charge in [-0.25, -0.2) is 9.18 Å². The van der Waals surface area contributed by atoms with Gasteiger partial charge in [-0.05, 0) is 24.3 Å². The van der Waals surface area contributed by atoms with Crippen molar-refractivity contribution in [1.82, 2.24) is 0 Å². The van der Waals surface area contributed by atoms with E-state index < -0.39 is 17.3 Å². The maximum atomic E-state index is 13.2. The fraction of sp³-hybridized carbons (Fsp3) is 0.0667. The third-order valence-electron chi connectivity index (χ3n) is 2.50. The first-order valence-corrected chi connectivity index (χ1v) is 5.89. The average molecular weight is 287 g/mol. The first-order chi connectivity index (χ1) is 10.1. The molecule has 0 fully saturated rings. The van der Waals surface area contributed by atoms with E-state index in [0.29, 0.717) is 0 Å². The van der Waals surface area contributed by atoms with E-state index in [1.165, 1.54) is 18.2 Å². The molecule has 0 bridgehead atoms. The zero-order chi connectivity index (χ0) is 15.2. The summed E-state index contributed by atoms with van der Waals surface area (Å²) in [6, 6.07) is 6.10. The van der Waals surface area contributed by atoms with Crippen molar-refractivity contribution in [2.24, 2.45) is 0 Å². The Kier molecular flexibility index (Phi) is 4.49. The van der Waals surface area contributed by atoms with Gasteiger partial charge < -0.3 is 14.8 Å². The summed E-state index contributed by atoms with van der Waals surface area (Å²) in [5.74, 6) is 3.88. The van der Waals surface area contributed by atoms with Crippen LogP contribution >= 0.6 is 0 Å². The van der Waals surface area contributed by atoms with Gasteiger partial charge in [0.2, 0.25) is 0 Å². The van der Waals surface area contributed by atoms with Crippen LogP contribution in [0.25, 0.3) is 0 Å². The Bertz CT molecular complexity index is 766. The highest BCUT2D eigenvalue weighted by atomic mass is 19.1. The van der Waals surface area contributed by atoms with Gasteiger partial charge in [-0.1, -0.05) is 11.8 Å². The van der Waals surface area contributed by atoms with Crippen LogP contribution in [0.5, 0.6) is 0 Å². The lowest BCUT2D eigenvalue weighted by Crippen LogP contribution is -2.14. The summed E-state index contributed by atoms with van der Waals surface area (Å²) < 4.78 is 17.8. The second-order valence-corrected chi connectivity index (χ2v) is 3.95. The number of aliphatic hydroxyl groups is 1. The molecular formula is C15H10FNO4. The standard InChI is InChI=1S/C15H10FNO4/c16-12-4-5-13(10(8-12)2-1-7-18)17-15(20)11-3-6-14(19)21-9-11/h3-6,8-9,18H,7H2,(H,17,20). The number of hydrogen-bond acceptors (Lipinski definition) is 4. The Labute approximate surface area is 119 Å². The summed E-state index contributed by atoms with van der Waals surface area (Å²) >= 11 is 0. The molecule has 2 aromatic rings. The van der Waals surface area contributed by atoms with E-state index in [0.717, 1.165) is 18.4 Å². The molecule has 1 heterocycles. The molecular weight excluding hydrogens is 277 g/mol. The highest BCUT2D eigenvalue weighted by Gasteiger charge is 2.10. The Balaban J connectivity index is 2.28. The highest BCUT2D eigenvalue weighted by molar-refractivity contribution is 6.04. The van der Waals surface area contributed by atoms with Crippen molar-refractivity contribution in [2.45, 2.75) is 0 Å². The van der Waals surface area contributed by atoms with Crippen molar-refractivity contribution >= 4 is 11.6 Å². The van der Waals surface area contributed by atoms with E-state index in [4.69, 9.17) is 5.11 Å². The minimum atomic E-state index is -0.567. The molecule has 0 radical (unpaired) electrons. The zero-order valence-electron chi connectivity index (χ0n) is 10.7. The van der Waals surface area contributed by atoms with Crippen molar-refractivity contribution in [1.29, 1.82) is 0 Å². The van der Waals surface area contributed by atoms with E-state index in [2.05, 4.69) is 21.6 Å². The maximum Gasteiger partial charge on any atom is 0.335 e. The molecule has 0 saturated heterocycles. The summed E-state index contributed by atoms with van der Waals surface area (Å²) in [5.41, 5.74) is 0.0890. The third kappa shape index (κ3) is 3.78. The van der Waals surface area contributed by atoms with E-state index in [1.807, 2.05) is 0 Å². The molecule has 21 heavy (non-hydrogen) atoms. The van der Waals surface area contributed by atoms with Gasteiger partial charge in [-0.3, -0.25) is 4.79 Å². The number of amides is 1. The van der Waals surface area contributed by atoms with Crippen LogP contribution in [0.15, 0.2) is 45.8 Å². The van der Waals surface area contributed by atoms with Gasteiger partial charge in [0, 0.05) is 6.07 Å². The predicted molar refractivity (Wildman–Crippen MR) is 73.3 cm³/mol. The second-order valence-electron chi connectivity index (χ2n) is 3.95. The Morgan fingerprint density at radius 2 is 2.14 bits per heavy atom. The number of benzene rings is 1. The van der Waals surface area contributed by atoms with Gasteiger partial charge >= 0.3 is 5.63 Å². The summed E-state index contributed by atoms with van der Waals surface area (Å²) in [5, 5.41) is 11.2. The molecule has 0 saturated carbocycles. The first-order valence-electron chi connectivity index (χ1n) is 5.89. The van der Waals surface area contributed by atoms with Crippen LogP contribution in [0, 0.1) is 17.7 Å². The second kappa shape index (κ2) is 6.50. The number of aliphatic hydroxyl groups excluding tert-OH is 1. The minimum absolute atomic E-state index is 0.139. The van der Waals surface area contributed by atoms with Crippen LogP contribution in [0.4, 0.5) is 10.1 Å². The zero-order valence-corrected chi connectivity index (χ0v) is 10.7. The lowest BCUT2D eigenvalue weighted by Gasteiger charge is -2.07. The molecule has 1 aromatic carbocycles. The van der Waals surface area contributed by atoms with E-state index in [1.54, 1.807) is 0 Å². The molecule has 2 rings (SSSR count). The molecule has 0 aliphatic heterocycles. The number of hydrogen-bond donors (Lipinski definition) is 2. The van der Waals surface area contributed by atoms with Crippen molar-refractivity contribution in [3.05, 3.63) is 64.0 Å². The maximum absolute atomic E-state index is 13.2. The van der Waals surface area contributed by atoms with Gasteiger partial charge in [-0.2, -0.15) is 0 Å². The predicted octanol–water partition coefficient (Wildman–Crippen LogP) is 1.38. The highest BCUT2D eigenvalue weighted by Crippen LogP contribution is 2.17. The number of rotatable bonds is 2. The van der Waals surface area contributed by atoms with Crippen LogP contribution in [0.2, 0.25) is 0 Å². The quantitative estimate of drug-likeness (QED) is 0.818. The molecule has 1 aromatic heterocycles. The van der Waals surface area contributed by atoms with Crippen LogP contribution in [-0.2, 0) is 0 Å². The smallest absolute Gasteiger partial charge is 0.335 e. The molecule has 2 N–H and O–H groups in total. The van der Waals surface area contributed by atoms with Crippen molar-refractivity contribution < 1.29 is 18.7 Å². The van der Waals surface area contributed by atoms with Gasteiger partial charge in [-0.15, -0.1) is 0 Å². The number of carbonyl (C=O) groups excluding carboxylic acids is 1. The average Bonchev–Trinajstić information content (AvgIpc) is 2.48. The van der Waals surface area contributed by atoms with Gasteiger partial charge in [0.15, 0.2) is 0 Å². The number of carbonyl (C=O) groups is 1. The molecule has 1 amide bonds. The van der Waals surface area contributed by atoms with Gasteiger partial charge in [0.05, 0.1) is 16.8 Å². The molecule has 0 spiro atoms. The topological polar surface area (TPSA) is 79.5 Å². The third-order valence-corrected chi connectivity index (χ3v) is 2.50. The molecule has 5 nitrogen and oxygen atoms in total. The number of nitrogens with one attached hydrogen (secondary N) is 1. The van der Waals surface area contributed by atoms with Crippen LogP contribution < -0.4 is 10.9 Å². The van der Waals surface area contributed by atoms with E-state index in [-0.39, 0.29) is 23.4 Å². The van der Waals surface area contributed by atoms with Crippen molar-refractivity contribution in [3.63, 3.8) is 0 Å². The minimum Gasteiger partial charge on any atom is -0.430 e. The molecule has 0 atom stereocenters. The van der Waals surface area contributed by atoms with Crippen LogP contribution in [-0.4, -0.2) is 17.6 Å².